The van der Waals surface area contributed by atoms with Crippen LogP contribution in [-0.4, -0.2) is 16.0 Å². The molecule has 0 bridgehead atoms. The van der Waals surface area contributed by atoms with Gasteiger partial charge in [0.15, 0.2) is 11.4 Å². The van der Waals surface area contributed by atoms with Crippen LogP contribution >= 0.6 is 0 Å². The van der Waals surface area contributed by atoms with Crippen LogP contribution in [0.15, 0.2) is 28.7 Å². The van der Waals surface area contributed by atoms with E-state index in [0.717, 1.165) is 33.7 Å². The highest BCUT2D eigenvalue weighted by Crippen LogP contribution is 2.33. The van der Waals surface area contributed by atoms with Crippen molar-refractivity contribution in [3.63, 3.8) is 0 Å². The zero-order valence-corrected chi connectivity index (χ0v) is 10.1. The number of fused-ring (bicyclic) bond motifs is 3. The summed E-state index contributed by atoms with van der Waals surface area (Å²) in [4.78, 5) is 8.97. The fourth-order valence-electron chi connectivity index (χ4n) is 2.22. The van der Waals surface area contributed by atoms with E-state index in [9.17, 15) is 0 Å². The second-order valence-corrected chi connectivity index (χ2v) is 4.81. The maximum atomic E-state index is 5.88. The van der Waals surface area contributed by atoms with Gasteiger partial charge in [-0.15, -0.1) is 0 Å². The second kappa shape index (κ2) is 3.45. The fourth-order valence-corrected chi connectivity index (χ4v) is 2.22. The zero-order chi connectivity index (χ0) is 12.1. The fraction of sp³-hybridized carbons (Fsp3) is 0.286. The monoisotopic (exact) mass is 239 g/mol. The molecule has 0 atom stereocenters. The number of benzene rings is 1. The Bertz CT molecular complexity index is 743. The molecule has 90 valence electrons. The smallest absolute Gasteiger partial charge is 0.196 e. The molecule has 2 heterocycles. The number of hydrogen-bond acceptors (Lipinski definition) is 4. The molecule has 4 rings (SSSR count). The van der Waals surface area contributed by atoms with Gasteiger partial charge in [0.25, 0.3) is 0 Å². The summed E-state index contributed by atoms with van der Waals surface area (Å²) in [6.45, 7) is 1.92. The van der Waals surface area contributed by atoms with E-state index in [1.807, 2.05) is 31.2 Å². The Morgan fingerprint density at radius 2 is 2.06 bits per heavy atom. The molecule has 2 aromatic heterocycles. The highest BCUT2D eigenvalue weighted by atomic mass is 16.3. The number of para-hydroxylation sites is 1. The lowest BCUT2D eigenvalue weighted by atomic mass is 10.2. The first-order valence-electron chi connectivity index (χ1n) is 6.24. The molecule has 1 aliphatic rings. The second-order valence-electron chi connectivity index (χ2n) is 4.81. The lowest BCUT2D eigenvalue weighted by Crippen LogP contribution is -2.04. The standard InChI is InChI=1S/C14H13N3O/c1-8-15-12-10-4-2-3-5-11(10)18-13(12)14(16-8)17-9-6-7-9/h2-5,9H,6-7H2,1H3,(H,15,16,17). The number of nitrogens with zero attached hydrogens (tertiary/aromatic N) is 2. The number of nitrogens with one attached hydrogen (secondary N) is 1. The molecule has 4 nitrogen and oxygen atoms in total. The number of anilines is 1. The van der Waals surface area contributed by atoms with E-state index in [0.29, 0.717) is 6.04 Å². The molecule has 0 radical (unpaired) electrons. The van der Waals surface area contributed by atoms with Crippen LogP contribution in [0.3, 0.4) is 0 Å². The van der Waals surface area contributed by atoms with Gasteiger partial charge in [0.05, 0.1) is 0 Å². The number of furan rings is 1. The molecule has 1 fully saturated rings. The third kappa shape index (κ3) is 1.45. The first-order valence-corrected chi connectivity index (χ1v) is 6.24. The van der Waals surface area contributed by atoms with Crippen molar-refractivity contribution in [3.8, 4) is 0 Å². The molecule has 3 aromatic rings. The van der Waals surface area contributed by atoms with Gasteiger partial charge >= 0.3 is 0 Å². The predicted octanol–water partition coefficient (Wildman–Crippen LogP) is 3.26. The van der Waals surface area contributed by atoms with Gasteiger partial charge in [-0.05, 0) is 31.9 Å². The minimum Gasteiger partial charge on any atom is -0.450 e. The van der Waals surface area contributed by atoms with E-state index in [2.05, 4.69) is 15.3 Å². The molecule has 1 aliphatic carbocycles. The van der Waals surface area contributed by atoms with Crippen LogP contribution in [0.5, 0.6) is 0 Å². The van der Waals surface area contributed by atoms with Gasteiger partial charge in [-0.3, -0.25) is 0 Å². The van der Waals surface area contributed by atoms with Crippen molar-refractivity contribution in [2.24, 2.45) is 0 Å². The Morgan fingerprint density at radius 1 is 1.22 bits per heavy atom. The summed E-state index contributed by atoms with van der Waals surface area (Å²) < 4.78 is 5.88. The first-order chi connectivity index (χ1) is 8.81. The Hall–Kier alpha value is -2.10. The maximum absolute atomic E-state index is 5.88. The van der Waals surface area contributed by atoms with Crippen LogP contribution in [0, 0.1) is 6.92 Å². The summed E-state index contributed by atoms with van der Waals surface area (Å²) >= 11 is 0. The van der Waals surface area contributed by atoms with Gasteiger partial charge in [0.2, 0.25) is 0 Å². The van der Waals surface area contributed by atoms with Crippen molar-refractivity contribution in [3.05, 3.63) is 30.1 Å². The maximum Gasteiger partial charge on any atom is 0.196 e. The highest BCUT2D eigenvalue weighted by Gasteiger charge is 2.24. The summed E-state index contributed by atoms with van der Waals surface area (Å²) in [5.41, 5.74) is 2.54. The summed E-state index contributed by atoms with van der Waals surface area (Å²) in [5, 5.41) is 4.47. The summed E-state index contributed by atoms with van der Waals surface area (Å²) in [6, 6.07) is 8.53. The normalized spacial score (nSPS) is 15.4. The zero-order valence-electron chi connectivity index (χ0n) is 10.1. The van der Waals surface area contributed by atoms with Crippen molar-refractivity contribution in [2.45, 2.75) is 25.8 Å². The number of rotatable bonds is 2. The Balaban J connectivity index is 2.04. The largest absolute Gasteiger partial charge is 0.450 e. The van der Waals surface area contributed by atoms with Gasteiger partial charge in [-0.2, -0.15) is 0 Å². The Kier molecular flexibility index (Phi) is 1.89. The average Bonchev–Trinajstić information content (AvgIpc) is 3.09. The molecular weight excluding hydrogens is 226 g/mol. The molecule has 0 spiro atoms. The molecule has 0 unspecified atom stereocenters. The third-order valence-electron chi connectivity index (χ3n) is 3.25. The number of aromatic nitrogens is 2. The predicted molar refractivity (Wildman–Crippen MR) is 70.7 cm³/mol. The van der Waals surface area contributed by atoms with Crippen molar-refractivity contribution in [1.82, 2.24) is 9.97 Å². The summed E-state index contributed by atoms with van der Waals surface area (Å²) in [5.74, 6) is 1.61. The molecule has 18 heavy (non-hydrogen) atoms. The SMILES string of the molecule is Cc1nc(NC2CC2)c2oc3ccccc3c2n1. The van der Waals surface area contributed by atoms with E-state index in [4.69, 9.17) is 4.42 Å². The molecule has 0 amide bonds. The van der Waals surface area contributed by atoms with E-state index < -0.39 is 0 Å². The number of hydrogen-bond donors (Lipinski definition) is 1. The van der Waals surface area contributed by atoms with Gasteiger partial charge < -0.3 is 9.73 Å². The van der Waals surface area contributed by atoms with E-state index >= 15 is 0 Å². The quantitative estimate of drug-likeness (QED) is 0.745. The van der Waals surface area contributed by atoms with Crippen molar-refractivity contribution < 1.29 is 4.42 Å². The lowest BCUT2D eigenvalue weighted by Gasteiger charge is -2.04. The summed E-state index contributed by atoms with van der Waals surface area (Å²) in [7, 11) is 0. The molecule has 1 N–H and O–H groups in total. The topological polar surface area (TPSA) is 51.0 Å². The van der Waals surface area contributed by atoms with Crippen molar-refractivity contribution in [2.75, 3.05) is 5.32 Å². The van der Waals surface area contributed by atoms with Gasteiger partial charge in [-0.25, -0.2) is 9.97 Å². The molecule has 4 heteroatoms. The van der Waals surface area contributed by atoms with Crippen LogP contribution in [0.4, 0.5) is 5.82 Å². The van der Waals surface area contributed by atoms with Gasteiger partial charge in [0, 0.05) is 11.4 Å². The van der Waals surface area contributed by atoms with E-state index in [1.54, 1.807) is 0 Å². The van der Waals surface area contributed by atoms with Crippen LogP contribution < -0.4 is 5.32 Å². The van der Waals surface area contributed by atoms with Crippen LogP contribution in [0.2, 0.25) is 0 Å². The Morgan fingerprint density at radius 3 is 2.89 bits per heavy atom. The van der Waals surface area contributed by atoms with Crippen LogP contribution in [-0.2, 0) is 0 Å². The molecule has 0 aliphatic heterocycles. The first kappa shape index (κ1) is 9.88. The molecule has 0 saturated heterocycles. The highest BCUT2D eigenvalue weighted by molar-refractivity contribution is 6.05. The van der Waals surface area contributed by atoms with E-state index in [1.165, 1.54) is 12.8 Å². The Labute approximate surface area is 104 Å². The lowest BCUT2D eigenvalue weighted by molar-refractivity contribution is 0.666. The van der Waals surface area contributed by atoms with E-state index in [-0.39, 0.29) is 0 Å². The molecule has 1 aromatic carbocycles. The molecule has 1 saturated carbocycles. The summed E-state index contributed by atoms with van der Waals surface area (Å²) in [6.07, 6.45) is 2.43. The number of aryl methyl sites for hydroxylation is 1. The van der Waals surface area contributed by atoms with Gasteiger partial charge in [-0.1, -0.05) is 12.1 Å². The van der Waals surface area contributed by atoms with Crippen LogP contribution in [0.25, 0.3) is 22.1 Å². The molecular formula is C14H13N3O. The van der Waals surface area contributed by atoms with Crippen molar-refractivity contribution in [1.29, 1.82) is 0 Å². The third-order valence-corrected chi connectivity index (χ3v) is 3.25. The minimum absolute atomic E-state index is 0.552. The van der Waals surface area contributed by atoms with Crippen LogP contribution in [0.1, 0.15) is 18.7 Å². The minimum atomic E-state index is 0.552. The van der Waals surface area contributed by atoms with Gasteiger partial charge in [0.1, 0.15) is 16.9 Å². The average molecular weight is 239 g/mol. The van der Waals surface area contributed by atoms with Crippen molar-refractivity contribution >= 4 is 27.9 Å².